The first-order valence-corrected chi connectivity index (χ1v) is 8.98. The third-order valence-corrected chi connectivity index (χ3v) is 4.47. The van der Waals surface area contributed by atoms with Crippen molar-refractivity contribution in [3.8, 4) is 5.75 Å². The first kappa shape index (κ1) is 20.2. The summed E-state index contributed by atoms with van der Waals surface area (Å²) in [5.41, 5.74) is 6.50. The third kappa shape index (κ3) is 6.63. The number of aryl methyl sites for hydroxylation is 2. The van der Waals surface area contributed by atoms with E-state index in [1.54, 1.807) is 12.1 Å². The number of nitrogens with zero attached hydrogens (tertiary/aromatic N) is 1. The van der Waals surface area contributed by atoms with Gasteiger partial charge in [-0.15, -0.1) is 11.8 Å². The van der Waals surface area contributed by atoms with Gasteiger partial charge in [-0.1, -0.05) is 12.1 Å². The molecule has 2 N–H and O–H groups in total. The van der Waals surface area contributed by atoms with Gasteiger partial charge in [0.15, 0.2) is 6.61 Å². The molecule has 0 fully saturated rings. The summed E-state index contributed by atoms with van der Waals surface area (Å²) in [7, 11) is 0. The molecule has 0 saturated heterocycles. The Morgan fingerprint density at radius 2 is 1.74 bits per heavy atom. The van der Waals surface area contributed by atoms with Crippen molar-refractivity contribution in [3.63, 3.8) is 0 Å². The first-order chi connectivity index (χ1) is 12.8. The van der Waals surface area contributed by atoms with Gasteiger partial charge < -0.3 is 4.74 Å². The second-order valence-electron chi connectivity index (χ2n) is 5.69. The summed E-state index contributed by atoms with van der Waals surface area (Å²) in [4.78, 5) is 34.4. The molecule has 27 heavy (non-hydrogen) atoms. The number of benzene rings is 2. The highest BCUT2D eigenvalue weighted by molar-refractivity contribution is 8.00. The Bertz CT molecular complexity index is 839. The molecule has 0 bridgehead atoms. The predicted octanol–water partition coefficient (Wildman–Crippen LogP) is 2.53. The summed E-state index contributed by atoms with van der Waals surface area (Å²) >= 11 is 1.20. The molecule has 2 aromatic rings. The number of nitro benzene ring substituents is 1. The molecule has 2 aromatic carbocycles. The molecule has 2 rings (SSSR count). The van der Waals surface area contributed by atoms with Crippen LogP contribution in [0.2, 0.25) is 0 Å². The number of rotatable bonds is 7. The van der Waals surface area contributed by atoms with Gasteiger partial charge in [-0.25, -0.2) is 0 Å². The van der Waals surface area contributed by atoms with Crippen molar-refractivity contribution in [2.75, 3.05) is 12.4 Å². The van der Waals surface area contributed by atoms with Crippen molar-refractivity contribution in [3.05, 3.63) is 63.7 Å². The lowest BCUT2D eigenvalue weighted by Gasteiger charge is -2.11. The molecule has 9 heteroatoms. The Kier molecular flexibility index (Phi) is 7.18. The van der Waals surface area contributed by atoms with Gasteiger partial charge in [0.25, 0.3) is 11.6 Å². The van der Waals surface area contributed by atoms with E-state index < -0.39 is 16.7 Å². The fourth-order valence-corrected chi connectivity index (χ4v) is 2.73. The van der Waals surface area contributed by atoms with Crippen LogP contribution in [-0.2, 0) is 9.59 Å². The SMILES string of the molecule is Cc1ccc(C)c(OCC(=O)NNC(=O)CSc2ccc([N+](=O)[O-])cc2)c1. The van der Waals surface area contributed by atoms with Crippen LogP contribution in [0.1, 0.15) is 11.1 Å². The summed E-state index contributed by atoms with van der Waals surface area (Å²) in [5.74, 6) is -0.219. The van der Waals surface area contributed by atoms with Crippen LogP contribution in [0, 0.1) is 24.0 Å². The highest BCUT2D eigenvalue weighted by atomic mass is 32.2. The minimum absolute atomic E-state index is 0.0140. The summed E-state index contributed by atoms with van der Waals surface area (Å²) in [6.45, 7) is 3.58. The lowest BCUT2D eigenvalue weighted by atomic mass is 10.1. The van der Waals surface area contributed by atoms with Gasteiger partial charge in [0.2, 0.25) is 5.91 Å². The Balaban J connectivity index is 1.70. The average molecular weight is 389 g/mol. The molecule has 0 heterocycles. The number of amides is 2. The second kappa shape index (κ2) is 9.58. The first-order valence-electron chi connectivity index (χ1n) is 8.00. The quantitative estimate of drug-likeness (QED) is 0.428. The Hall–Kier alpha value is -3.07. The van der Waals surface area contributed by atoms with Crippen molar-refractivity contribution in [2.45, 2.75) is 18.7 Å². The van der Waals surface area contributed by atoms with Gasteiger partial charge in [-0.3, -0.25) is 30.6 Å². The van der Waals surface area contributed by atoms with Crippen LogP contribution in [0.25, 0.3) is 0 Å². The van der Waals surface area contributed by atoms with Crippen LogP contribution in [0.15, 0.2) is 47.4 Å². The van der Waals surface area contributed by atoms with E-state index in [2.05, 4.69) is 10.9 Å². The summed E-state index contributed by atoms with van der Waals surface area (Å²) < 4.78 is 5.45. The van der Waals surface area contributed by atoms with E-state index in [-0.39, 0.29) is 18.0 Å². The minimum Gasteiger partial charge on any atom is -0.483 e. The molecule has 0 spiro atoms. The van der Waals surface area contributed by atoms with Crippen LogP contribution >= 0.6 is 11.8 Å². The third-order valence-electron chi connectivity index (χ3n) is 3.46. The van der Waals surface area contributed by atoms with Crippen molar-refractivity contribution < 1.29 is 19.2 Å². The van der Waals surface area contributed by atoms with Gasteiger partial charge in [0.05, 0.1) is 10.7 Å². The largest absolute Gasteiger partial charge is 0.483 e. The second-order valence-corrected chi connectivity index (χ2v) is 6.74. The van der Waals surface area contributed by atoms with Crippen LogP contribution < -0.4 is 15.6 Å². The number of hydrogen-bond acceptors (Lipinski definition) is 6. The Morgan fingerprint density at radius 3 is 2.41 bits per heavy atom. The molecule has 8 nitrogen and oxygen atoms in total. The molecule has 0 unspecified atom stereocenters. The summed E-state index contributed by atoms with van der Waals surface area (Å²) in [6, 6.07) is 11.5. The van der Waals surface area contributed by atoms with Crippen LogP contribution in [0.5, 0.6) is 5.75 Å². The fraction of sp³-hybridized carbons (Fsp3) is 0.222. The number of carbonyl (C=O) groups is 2. The average Bonchev–Trinajstić information content (AvgIpc) is 2.65. The maximum Gasteiger partial charge on any atom is 0.276 e. The minimum atomic E-state index is -0.489. The highest BCUT2D eigenvalue weighted by Gasteiger charge is 2.09. The highest BCUT2D eigenvalue weighted by Crippen LogP contribution is 2.21. The Labute approximate surface area is 160 Å². The molecule has 142 valence electrons. The van der Waals surface area contributed by atoms with Gasteiger partial charge >= 0.3 is 0 Å². The number of hydrazine groups is 1. The predicted molar refractivity (Wildman–Crippen MR) is 102 cm³/mol. The van der Waals surface area contributed by atoms with E-state index in [0.717, 1.165) is 11.1 Å². The van der Waals surface area contributed by atoms with E-state index in [4.69, 9.17) is 4.74 Å². The van der Waals surface area contributed by atoms with E-state index >= 15 is 0 Å². The molecule has 0 aliphatic rings. The van der Waals surface area contributed by atoms with Crippen molar-refractivity contribution in [2.24, 2.45) is 0 Å². The maximum atomic E-state index is 11.8. The monoisotopic (exact) mass is 389 g/mol. The van der Waals surface area contributed by atoms with Crippen LogP contribution in [-0.4, -0.2) is 29.1 Å². The number of hydrogen-bond donors (Lipinski definition) is 2. The molecule has 0 aromatic heterocycles. The zero-order valence-electron chi connectivity index (χ0n) is 14.9. The van der Waals surface area contributed by atoms with Crippen LogP contribution in [0.3, 0.4) is 0 Å². The number of carbonyl (C=O) groups excluding carboxylic acids is 2. The van der Waals surface area contributed by atoms with Gasteiger partial charge in [-0.2, -0.15) is 0 Å². The van der Waals surface area contributed by atoms with Crippen LogP contribution in [0.4, 0.5) is 5.69 Å². The molecule has 2 amide bonds. The van der Waals surface area contributed by atoms with E-state index in [9.17, 15) is 19.7 Å². The Morgan fingerprint density at radius 1 is 1.07 bits per heavy atom. The van der Waals surface area contributed by atoms with Crippen molar-refractivity contribution in [1.82, 2.24) is 10.9 Å². The normalized spacial score (nSPS) is 10.1. The zero-order valence-corrected chi connectivity index (χ0v) is 15.7. The summed E-state index contributed by atoms with van der Waals surface area (Å²) in [6.07, 6.45) is 0. The smallest absolute Gasteiger partial charge is 0.276 e. The van der Waals surface area contributed by atoms with E-state index in [0.29, 0.717) is 10.6 Å². The lowest BCUT2D eigenvalue weighted by Crippen LogP contribution is -2.44. The maximum absolute atomic E-state index is 11.8. The molecule has 0 aliphatic carbocycles. The molecule has 0 aliphatic heterocycles. The fourth-order valence-electron chi connectivity index (χ4n) is 2.03. The molecule has 0 atom stereocenters. The molecular formula is C18H19N3O5S. The van der Waals surface area contributed by atoms with E-state index in [1.165, 1.54) is 23.9 Å². The molecular weight excluding hydrogens is 370 g/mol. The van der Waals surface area contributed by atoms with Gasteiger partial charge in [-0.05, 0) is 43.2 Å². The van der Waals surface area contributed by atoms with E-state index in [1.807, 2.05) is 32.0 Å². The molecule has 0 saturated carbocycles. The number of non-ortho nitro benzene ring substituents is 1. The number of ether oxygens (including phenoxy) is 1. The standard InChI is InChI=1S/C18H19N3O5S/c1-12-3-4-13(2)16(9-12)26-10-17(22)19-20-18(23)11-27-15-7-5-14(6-8-15)21(24)25/h3-9H,10-11H2,1-2H3,(H,19,22)(H,20,23). The van der Waals surface area contributed by atoms with Crippen molar-refractivity contribution >= 4 is 29.3 Å². The number of thioether (sulfide) groups is 1. The molecule has 0 radical (unpaired) electrons. The number of nitrogens with one attached hydrogen (secondary N) is 2. The zero-order chi connectivity index (χ0) is 19.8. The van der Waals surface area contributed by atoms with Crippen molar-refractivity contribution in [1.29, 1.82) is 0 Å². The lowest BCUT2D eigenvalue weighted by molar-refractivity contribution is -0.384. The van der Waals surface area contributed by atoms with Gasteiger partial charge in [0.1, 0.15) is 5.75 Å². The van der Waals surface area contributed by atoms with Gasteiger partial charge in [0, 0.05) is 17.0 Å². The number of nitro groups is 1. The topological polar surface area (TPSA) is 111 Å². The summed E-state index contributed by atoms with van der Waals surface area (Å²) in [5, 5.41) is 10.6.